The average molecular weight is 299 g/mol. The molecule has 6 heteroatoms. The van der Waals surface area contributed by atoms with Crippen LogP contribution in [0.15, 0.2) is 24.4 Å². The van der Waals surface area contributed by atoms with Crippen LogP contribution in [-0.2, 0) is 4.79 Å². The van der Waals surface area contributed by atoms with Crippen LogP contribution in [0.4, 0.5) is 11.4 Å². The Kier molecular flexibility index (Phi) is 4.11. The number of aromatic nitrogens is 2. The third-order valence-electron chi connectivity index (χ3n) is 3.98. The molecule has 0 spiro atoms. The molecule has 1 amide bonds. The number of benzene rings is 1. The Balaban J connectivity index is 2.06. The number of nitrogens with one attached hydrogen (secondary N) is 3. The number of nitrogens with two attached hydrogens (primary N) is 1. The quantitative estimate of drug-likeness (QED) is 0.651. The van der Waals surface area contributed by atoms with E-state index in [0.29, 0.717) is 6.42 Å². The number of rotatable bonds is 1. The summed E-state index contributed by atoms with van der Waals surface area (Å²) >= 11 is 0. The minimum absolute atomic E-state index is 0.0272. The van der Waals surface area contributed by atoms with E-state index in [1.54, 1.807) is 0 Å². The SMILES string of the molecule is CNc1ccc2c(c1)NC(=O)CCCC[C@H](N)c1nc-2c[nH]1. The van der Waals surface area contributed by atoms with Crippen molar-refractivity contribution in [1.29, 1.82) is 0 Å². The van der Waals surface area contributed by atoms with Crippen LogP contribution in [0.3, 0.4) is 0 Å². The zero-order chi connectivity index (χ0) is 15.5. The van der Waals surface area contributed by atoms with Gasteiger partial charge in [0.15, 0.2) is 0 Å². The molecule has 0 unspecified atom stereocenters. The summed E-state index contributed by atoms with van der Waals surface area (Å²) < 4.78 is 0. The number of fused-ring (bicyclic) bond motifs is 4. The molecule has 2 bridgehead atoms. The molecule has 2 heterocycles. The maximum absolute atomic E-state index is 12.1. The van der Waals surface area contributed by atoms with E-state index >= 15 is 0 Å². The molecule has 1 aliphatic heterocycles. The first-order valence-electron chi connectivity index (χ1n) is 7.60. The van der Waals surface area contributed by atoms with Crippen LogP contribution in [0.1, 0.15) is 37.5 Å². The molecule has 1 aromatic heterocycles. The maximum Gasteiger partial charge on any atom is 0.224 e. The fourth-order valence-electron chi connectivity index (χ4n) is 2.69. The van der Waals surface area contributed by atoms with E-state index in [-0.39, 0.29) is 11.9 Å². The predicted octanol–water partition coefficient (Wildman–Crippen LogP) is 2.63. The van der Waals surface area contributed by atoms with Gasteiger partial charge >= 0.3 is 0 Å². The molecule has 0 fully saturated rings. The molecular formula is C16H21N5O. The number of nitrogens with zero attached hydrogens (tertiary/aromatic N) is 1. The van der Waals surface area contributed by atoms with E-state index in [4.69, 9.17) is 5.73 Å². The number of carbonyl (C=O) groups is 1. The molecule has 116 valence electrons. The number of hydrogen-bond donors (Lipinski definition) is 4. The first-order chi connectivity index (χ1) is 10.7. The Morgan fingerprint density at radius 1 is 1.36 bits per heavy atom. The molecule has 1 aromatic carbocycles. The molecule has 0 saturated carbocycles. The number of carbonyl (C=O) groups excluding carboxylic acids is 1. The Bertz CT molecular complexity index is 679. The number of hydrogen-bond acceptors (Lipinski definition) is 4. The molecule has 22 heavy (non-hydrogen) atoms. The van der Waals surface area contributed by atoms with Crippen LogP contribution in [-0.4, -0.2) is 22.9 Å². The van der Waals surface area contributed by atoms with Crippen molar-refractivity contribution in [2.24, 2.45) is 5.73 Å². The summed E-state index contributed by atoms with van der Waals surface area (Å²) in [6.45, 7) is 0. The van der Waals surface area contributed by atoms with Crippen molar-refractivity contribution in [3.05, 3.63) is 30.2 Å². The topological polar surface area (TPSA) is 95.8 Å². The molecule has 6 nitrogen and oxygen atoms in total. The highest BCUT2D eigenvalue weighted by Gasteiger charge is 2.16. The van der Waals surface area contributed by atoms with Crippen LogP contribution in [0.25, 0.3) is 11.3 Å². The Labute approximate surface area is 129 Å². The Morgan fingerprint density at radius 3 is 3.05 bits per heavy atom. The second-order valence-electron chi connectivity index (χ2n) is 5.58. The summed E-state index contributed by atoms with van der Waals surface area (Å²) in [7, 11) is 1.85. The van der Waals surface area contributed by atoms with Crippen molar-refractivity contribution in [3.8, 4) is 11.3 Å². The lowest BCUT2D eigenvalue weighted by molar-refractivity contribution is -0.116. The monoisotopic (exact) mass is 299 g/mol. The molecule has 0 radical (unpaired) electrons. The largest absolute Gasteiger partial charge is 0.388 e. The summed E-state index contributed by atoms with van der Waals surface area (Å²) in [5, 5.41) is 6.09. The highest BCUT2D eigenvalue weighted by molar-refractivity contribution is 5.96. The van der Waals surface area contributed by atoms with Gasteiger partial charge in [-0.05, 0) is 31.0 Å². The summed E-state index contributed by atoms with van der Waals surface area (Å²) in [5.41, 5.74) is 9.56. The fourth-order valence-corrected chi connectivity index (χ4v) is 2.69. The smallest absolute Gasteiger partial charge is 0.224 e. The van der Waals surface area contributed by atoms with Gasteiger partial charge in [0.2, 0.25) is 5.91 Å². The van der Waals surface area contributed by atoms with E-state index in [2.05, 4.69) is 20.6 Å². The second kappa shape index (κ2) is 6.19. The first-order valence-corrected chi connectivity index (χ1v) is 7.60. The zero-order valence-electron chi connectivity index (χ0n) is 12.6. The van der Waals surface area contributed by atoms with E-state index in [0.717, 1.165) is 47.7 Å². The normalized spacial score (nSPS) is 18.6. The number of imidazole rings is 1. The lowest BCUT2D eigenvalue weighted by atomic mass is 10.1. The Hall–Kier alpha value is -2.34. The average Bonchev–Trinajstić information content (AvgIpc) is 3.00. The van der Waals surface area contributed by atoms with Gasteiger partial charge in [-0.2, -0.15) is 0 Å². The number of H-pyrrole nitrogens is 1. The maximum atomic E-state index is 12.1. The molecule has 1 atom stereocenters. The van der Waals surface area contributed by atoms with E-state index in [9.17, 15) is 4.79 Å². The molecule has 0 saturated heterocycles. The van der Waals surface area contributed by atoms with Crippen molar-refractivity contribution >= 4 is 17.3 Å². The predicted molar refractivity (Wildman–Crippen MR) is 87.6 cm³/mol. The van der Waals surface area contributed by atoms with Crippen molar-refractivity contribution in [2.45, 2.75) is 31.7 Å². The summed E-state index contributed by atoms with van der Waals surface area (Å²) in [6.07, 6.45) is 4.92. The van der Waals surface area contributed by atoms with Gasteiger partial charge in [-0.3, -0.25) is 4.79 Å². The van der Waals surface area contributed by atoms with Gasteiger partial charge in [0.25, 0.3) is 0 Å². The van der Waals surface area contributed by atoms with Gasteiger partial charge in [0.1, 0.15) is 5.82 Å². The van der Waals surface area contributed by atoms with Crippen molar-refractivity contribution in [1.82, 2.24) is 9.97 Å². The van der Waals surface area contributed by atoms with Crippen LogP contribution in [0.5, 0.6) is 0 Å². The number of anilines is 2. The highest BCUT2D eigenvalue weighted by Crippen LogP contribution is 2.31. The molecule has 2 aromatic rings. The van der Waals surface area contributed by atoms with Crippen LogP contribution < -0.4 is 16.4 Å². The summed E-state index contributed by atoms with van der Waals surface area (Å²) in [4.78, 5) is 19.9. The van der Waals surface area contributed by atoms with Gasteiger partial charge in [-0.15, -0.1) is 0 Å². The van der Waals surface area contributed by atoms with E-state index in [1.807, 2.05) is 31.4 Å². The fraction of sp³-hybridized carbons (Fsp3) is 0.375. The zero-order valence-corrected chi connectivity index (χ0v) is 12.6. The molecular weight excluding hydrogens is 278 g/mol. The summed E-state index contributed by atoms with van der Waals surface area (Å²) in [6, 6.07) is 5.73. The van der Waals surface area contributed by atoms with E-state index < -0.39 is 0 Å². The van der Waals surface area contributed by atoms with Crippen molar-refractivity contribution < 1.29 is 4.79 Å². The Morgan fingerprint density at radius 2 is 2.23 bits per heavy atom. The summed E-state index contributed by atoms with van der Waals surface area (Å²) in [5.74, 6) is 0.824. The van der Waals surface area contributed by atoms with Crippen molar-refractivity contribution in [2.75, 3.05) is 17.7 Å². The molecule has 1 aliphatic rings. The standard InChI is InChI=1S/C16H21N5O/c1-18-10-6-7-11-13(8-10)20-15(22)5-3-2-4-12(17)16-19-9-14(11)21-16/h6-9,12,18H,2-5,17H2,1H3,(H,19,21)(H,20,22)/t12-/m0/s1. The van der Waals surface area contributed by atoms with Gasteiger partial charge in [0.05, 0.1) is 17.4 Å². The second-order valence-corrected chi connectivity index (χ2v) is 5.58. The minimum Gasteiger partial charge on any atom is -0.388 e. The van der Waals surface area contributed by atoms with Crippen molar-refractivity contribution in [3.63, 3.8) is 0 Å². The molecule has 0 aliphatic carbocycles. The number of amides is 1. The van der Waals surface area contributed by atoms with Crippen LogP contribution >= 0.6 is 0 Å². The lowest BCUT2D eigenvalue weighted by Gasteiger charge is -2.13. The molecule has 5 N–H and O–H groups in total. The van der Waals surface area contributed by atoms with E-state index in [1.165, 1.54) is 0 Å². The van der Waals surface area contributed by atoms with Crippen LogP contribution in [0, 0.1) is 0 Å². The van der Waals surface area contributed by atoms with Gasteiger partial charge in [-0.25, -0.2) is 4.98 Å². The van der Waals surface area contributed by atoms with Gasteiger partial charge < -0.3 is 21.4 Å². The molecule has 3 rings (SSSR count). The third-order valence-corrected chi connectivity index (χ3v) is 3.98. The highest BCUT2D eigenvalue weighted by atomic mass is 16.1. The van der Waals surface area contributed by atoms with Crippen LogP contribution in [0.2, 0.25) is 0 Å². The first kappa shape index (κ1) is 14.6. The lowest BCUT2D eigenvalue weighted by Crippen LogP contribution is -2.15. The minimum atomic E-state index is -0.115. The van der Waals surface area contributed by atoms with Gasteiger partial charge in [0, 0.05) is 30.9 Å². The third kappa shape index (κ3) is 2.96. The number of aromatic amines is 1. The van der Waals surface area contributed by atoms with Gasteiger partial charge in [-0.1, -0.05) is 6.42 Å².